The van der Waals surface area contributed by atoms with E-state index in [9.17, 15) is 4.79 Å². The number of hydrogen-bond acceptors (Lipinski definition) is 4. The number of aryl methyl sites for hydroxylation is 1. The van der Waals surface area contributed by atoms with Crippen LogP contribution in [0, 0.1) is 6.92 Å². The second kappa shape index (κ2) is 9.81. The maximum Gasteiger partial charge on any atom is 0.250 e. The average Bonchev–Trinajstić information content (AvgIpc) is 3.12. The molecule has 7 heteroatoms. The number of benzene rings is 3. The number of para-hydroxylation sites is 2. The number of aromatic nitrogens is 2. The number of thioether (sulfide) groups is 1. The SMILES string of the molecule is Cc1ccccc1/C=N/NC(=O)CSc1nc2ccccc2n1Cc1ccc(Cl)cc1. The number of rotatable bonds is 7. The number of fused-ring (bicyclic) bond motifs is 1. The second-order valence-corrected chi connectivity index (χ2v) is 8.41. The Balaban J connectivity index is 1.46. The summed E-state index contributed by atoms with van der Waals surface area (Å²) in [4.78, 5) is 17.0. The molecule has 31 heavy (non-hydrogen) atoms. The summed E-state index contributed by atoms with van der Waals surface area (Å²) in [7, 11) is 0. The van der Waals surface area contributed by atoms with Crippen molar-refractivity contribution in [1.82, 2.24) is 15.0 Å². The Morgan fingerprint density at radius 2 is 1.84 bits per heavy atom. The van der Waals surface area contributed by atoms with Crippen LogP contribution in [-0.4, -0.2) is 27.4 Å². The molecule has 0 atom stereocenters. The van der Waals surface area contributed by atoms with Crippen molar-refractivity contribution in [3.63, 3.8) is 0 Å². The number of hydrazone groups is 1. The molecule has 0 bridgehead atoms. The molecular formula is C24H21ClN4OS. The number of carbonyl (C=O) groups excluding carboxylic acids is 1. The van der Waals surface area contributed by atoms with Crippen LogP contribution in [0.25, 0.3) is 11.0 Å². The van der Waals surface area contributed by atoms with Crippen LogP contribution in [-0.2, 0) is 11.3 Å². The zero-order valence-electron chi connectivity index (χ0n) is 17.0. The van der Waals surface area contributed by atoms with Crippen molar-refractivity contribution in [3.8, 4) is 0 Å². The van der Waals surface area contributed by atoms with Gasteiger partial charge in [0.25, 0.3) is 5.91 Å². The van der Waals surface area contributed by atoms with Crippen molar-refractivity contribution >= 4 is 46.5 Å². The Labute approximate surface area is 190 Å². The highest BCUT2D eigenvalue weighted by molar-refractivity contribution is 7.99. The van der Waals surface area contributed by atoms with Crippen molar-refractivity contribution in [2.24, 2.45) is 5.10 Å². The second-order valence-electron chi connectivity index (χ2n) is 7.03. The molecule has 0 radical (unpaired) electrons. The molecule has 0 aliphatic carbocycles. The van der Waals surface area contributed by atoms with Gasteiger partial charge < -0.3 is 4.57 Å². The van der Waals surface area contributed by atoms with Gasteiger partial charge in [0.05, 0.1) is 29.5 Å². The number of hydrogen-bond donors (Lipinski definition) is 1. The minimum absolute atomic E-state index is 0.181. The smallest absolute Gasteiger partial charge is 0.250 e. The van der Waals surface area contributed by atoms with Crippen molar-refractivity contribution in [2.45, 2.75) is 18.6 Å². The zero-order valence-corrected chi connectivity index (χ0v) is 18.5. The van der Waals surface area contributed by atoms with E-state index in [2.05, 4.69) is 15.1 Å². The number of halogens is 1. The van der Waals surface area contributed by atoms with Gasteiger partial charge in [-0.3, -0.25) is 4.79 Å². The highest BCUT2D eigenvalue weighted by Crippen LogP contribution is 2.25. The first kappa shape index (κ1) is 21.2. The molecule has 0 unspecified atom stereocenters. The van der Waals surface area contributed by atoms with Gasteiger partial charge in [0, 0.05) is 5.02 Å². The number of imidazole rings is 1. The molecular weight excluding hydrogens is 428 g/mol. The molecule has 0 aliphatic heterocycles. The van der Waals surface area contributed by atoms with Crippen LogP contribution in [0.1, 0.15) is 16.7 Å². The van der Waals surface area contributed by atoms with Gasteiger partial charge in [0.15, 0.2) is 5.16 Å². The van der Waals surface area contributed by atoms with Crippen molar-refractivity contribution in [2.75, 3.05) is 5.75 Å². The average molecular weight is 449 g/mol. The summed E-state index contributed by atoms with van der Waals surface area (Å²) in [6.45, 7) is 2.65. The lowest BCUT2D eigenvalue weighted by atomic mass is 10.1. The predicted molar refractivity (Wildman–Crippen MR) is 128 cm³/mol. The van der Waals surface area contributed by atoms with Crippen LogP contribution in [0.3, 0.4) is 0 Å². The maximum absolute atomic E-state index is 12.3. The van der Waals surface area contributed by atoms with E-state index in [0.717, 1.165) is 32.9 Å². The Bertz CT molecular complexity index is 1230. The van der Waals surface area contributed by atoms with Gasteiger partial charge in [-0.05, 0) is 47.9 Å². The van der Waals surface area contributed by atoms with Crippen LogP contribution in [0.2, 0.25) is 5.02 Å². The number of nitrogens with zero attached hydrogens (tertiary/aromatic N) is 3. The summed E-state index contributed by atoms with van der Waals surface area (Å²) in [6.07, 6.45) is 1.66. The Kier molecular flexibility index (Phi) is 6.70. The zero-order chi connectivity index (χ0) is 21.6. The predicted octanol–water partition coefficient (Wildman–Crippen LogP) is 5.29. The summed E-state index contributed by atoms with van der Waals surface area (Å²) in [5.41, 5.74) is 7.71. The summed E-state index contributed by atoms with van der Waals surface area (Å²) >= 11 is 7.41. The molecule has 1 N–H and O–H groups in total. The topological polar surface area (TPSA) is 59.3 Å². The molecule has 0 saturated carbocycles. The van der Waals surface area contributed by atoms with Gasteiger partial charge in [-0.25, -0.2) is 10.4 Å². The first-order valence-corrected chi connectivity index (χ1v) is 11.2. The van der Waals surface area contributed by atoms with E-state index in [1.165, 1.54) is 11.8 Å². The molecule has 4 rings (SSSR count). The van der Waals surface area contributed by atoms with Crippen molar-refractivity contribution in [1.29, 1.82) is 0 Å². The molecule has 0 aliphatic rings. The highest BCUT2D eigenvalue weighted by atomic mass is 35.5. The van der Waals surface area contributed by atoms with Gasteiger partial charge in [-0.1, -0.05) is 71.9 Å². The fraction of sp³-hybridized carbons (Fsp3) is 0.125. The van der Waals surface area contributed by atoms with Gasteiger partial charge in [0.2, 0.25) is 0 Å². The molecule has 1 amide bonds. The molecule has 0 spiro atoms. The van der Waals surface area contributed by atoms with Crippen LogP contribution in [0.15, 0.2) is 83.1 Å². The van der Waals surface area contributed by atoms with E-state index in [1.54, 1.807) is 6.21 Å². The molecule has 1 heterocycles. The largest absolute Gasteiger partial charge is 0.314 e. The van der Waals surface area contributed by atoms with Crippen LogP contribution < -0.4 is 5.43 Å². The number of nitrogens with one attached hydrogen (secondary N) is 1. The minimum Gasteiger partial charge on any atom is -0.314 e. The molecule has 5 nitrogen and oxygen atoms in total. The molecule has 3 aromatic carbocycles. The summed E-state index contributed by atoms with van der Waals surface area (Å²) in [5.74, 6) is 0.0367. The molecule has 0 fully saturated rings. The molecule has 156 valence electrons. The van der Waals surface area contributed by atoms with E-state index < -0.39 is 0 Å². The van der Waals surface area contributed by atoms with Gasteiger partial charge in [-0.2, -0.15) is 5.10 Å². The molecule has 0 saturated heterocycles. The van der Waals surface area contributed by atoms with Crippen molar-refractivity contribution < 1.29 is 4.79 Å². The molecule has 1 aromatic heterocycles. The first-order valence-electron chi connectivity index (χ1n) is 9.80. The highest BCUT2D eigenvalue weighted by Gasteiger charge is 2.13. The molecule has 4 aromatic rings. The Morgan fingerprint density at radius 3 is 2.65 bits per heavy atom. The minimum atomic E-state index is -0.181. The summed E-state index contributed by atoms with van der Waals surface area (Å²) in [5, 5.41) is 5.57. The van der Waals surface area contributed by atoms with Crippen LogP contribution >= 0.6 is 23.4 Å². The summed E-state index contributed by atoms with van der Waals surface area (Å²) < 4.78 is 2.12. The number of carbonyl (C=O) groups is 1. The van der Waals surface area contributed by atoms with Crippen LogP contribution in [0.5, 0.6) is 0 Å². The lowest BCUT2D eigenvalue weighted by Crippen LogP contribution is -2.20. The fourth-order valence-corrected chi connectivity index (χ4v) is 4.09. The van der Waals surface area contributed by atoms with E-state index >= 15 is 0 Å². The summed E-state index contributed by atoms with van der Waals surface area (Å²) in [6, 6.07) is 23.6. The van der Waals surface area contributed by atoms with Gasteiger partial charge in [0.1, 0.15) is 0 Å². The van der Waals surface area contributed by atoms with Crippen LogP contribution in [0.4, 0.5) is 0 Å². The normalized spacial score (nSPS) is 11.3. The lowest BCUT2D eigenvalue weighted by molar-refractivity contribution is -0.118. The third-order valence-electron chi connectivity index (χ3n) is 4.79. The van der Waals surface area contributed by atoms with Crippen molar-refractivity contribution in [3.05, 3.63) is 94.5 Å². The Hall–Kier alpha value is -3.09. The van der Waals surface area contributed by atoms with Gasteiger partial charge in [-0.15, -0.1) is 0 Å². The number of amides is 1. The lowest BCUT2D eigenvalue weighted by Gasteiger charge is -2.09. The third-order valence-corrected chi connectivity index (χ3v) is 6.02. The maximum atomic E-state index is 12.3. The monoisotopic (exact) mass is 448 g/mol. The van der Waals surface area contributed by atoms with Gasteiger partial charge >= 0.3 is 0 Å². The Morgan fingerprint density at radius 1 is 1.10 bits per heavy atom. The van der Waals surface area contributed by atoms with E-state index in [-0.39, 0.29) is 11.7 Å². The fourth-order valence-electron chi connectivity index (χ4n) is 3.16. The van der Waals surface area contributed by atoms with E-state index in [4.69, 9.17) is 16.6 Å². The van der Waals surface area contributed by atoms with E-state index in [1.807, 2.05) is 79.7 Å². The van der Waals surface area contributed by atoms with E-state index in [0.29, 0.717) is 11.6 Å². The third kappa shape index (κ3) is 5.34. The standard InChI is InChI=1S/C24H21ClN4OS/c1-17-6-2-3-7-19(17)14-26-28-23(30)16-31-24-27-21-8-4-5-9-22(21)29(24)15-18-10-12-20(25)13-11-18/h2-14H,15-16H2,1H3,(H,28,30)/b26-14+. The first-order chi connectivity index (χ1) is 15.1. The quantitative estimate of drug-likeness (QED) is 0.237.